The number of hydrogen-bond donors (Lipinski definition) is 1. The average Bonchev–Trinajstić information content (AvgIpc) is 2.38. The van der Waals surface area contributed by atoms with Crippen molar-refractivity contribution in [3.8, 4) is 17.1 Å². The van der Waals surface area contributed by atoms with Crippen molar-refractivity contribution < 1.29 is 14.6 Å². The fourth-order valence-electron chi connectivity index (χ4n) is 1.35. The van der Waals surface area contributed by atoms with Gasteiger partial charge in [-0.2, -0.15) is 0 Å². The third kappa shape index (κ3) is 2.38. The number of carbonyl (C=O) groups is 1. The molecular formula is C11H8ClN3O3. The Morgan fingerprint density at radius 3 is 2.72 bits per heavy atom. The molecule has 92 valence electrons. The van der Waals surface area contributed by atoms with E-state index in [0.29, 0.717) is 22.2 Å². The normalized spacial score (nSPS) is 10.1. The quantitative estimate of drug-likeness (QED) is 0.912. The van der Waals surface area contributed by atoms with Crippen LogP contribution in [0.3, 0.4) is 0 Å². The molecule has 2 aromatic rings. The van der Waals surface area contributed by atoms with Gasteiger partial charge in [-0.1, -0.05) is 11.6 Å². The van der Waals surface area contributed by atoms with Crippen molar-refractivity contribution in [2.45, 2.75) is 0 Å². The molecule has 0 fully saturated rings. The molecule has 0 atom stereocenters. The third-order valence-corrected chi connectivity index (χ3v) is 2.45. The number of carboxylic acids is 1. The standard InChI is InChI=1S/C11H8ClN3O3/c1-18-10-7(12)2-6(4-13-10)8-3-9(11(16)17)15-5-14-8/h2-5H,1H3,(H,16,17). The number of aromatic carboxylic acids is 1. The summed E-state index contributed by atoms with van der Waals surface area (Å²) in [5, 5.41) is 9.17. The first kappa shape index (κ1) is 12.3. The van der Waals surface area contributed by atoms with Crippen molar-refractivity contribution in [3.63, 3.8) is 0 Å². The van der Waals surface area contributed by atoms with Gasteiger partial charge in [0.2, 0.25) is 5.88 Å². The third-order valence-electron chi connectivity index (χ3n) is 2.18. The summed E-state index contributed by atoms with van der Waals surface area (Å²) in [6, 6.07) is 2.95. The summed E-state index contributed by atoms with van der Waals surface area (Å²) in [5.74, 6) is -0.820. The molecule has 0 bridgehead atoms. The smallest absolute Gasteiger partial charge is 0.354 e. The number of halogens is 1. The molecule has 0 aliphatic carbocycles. The van der Waals surface area contributed by atoms with E-state index in [1.165, 1.54) is 25.7 Å². The Bertz CT molecular complexity index is 604. The summed E-state index contributed by atoms with van der Waals surface area (Å²) in [6.07, 6.45) is 2.68. The van der Waals surface area contributed by atoms with Gasteiger partial charge in [-0.05, 0) is 12.1 Å². The molecule has 1 N–H and O–H groups in total. The van der Waals surface area contributed by atoms with Crippen molar-refractivity contribution >= 4 is 17.6 Å². The molecule has 2 rings (SSSR count). The highest BCUT2D eigenvalue weighted by molar-refractivity contribution is 6.32. The van der Waals surface area contributed by atoms with Crippen molar-refractivity contribution in [2.75, 3.05) is 7.11 Å². The molecule has 0 aliphatic heterocycles. The first-order valence-electron chi connectivity index (χ1n) is 4.87. The molecule has 6 nitrogen and oxygen atoms in total. The Hall–Kier alpha value is -2.21. The van der Waals surface area contributed by atoms with Gasteiger partial charge in [0.1, 0.15) is 11.3 Å². The van der Waals surface area contributed by atoms with E-state index in [0.717, 1.165) is 0 Å². The van der Waals surface area contributed by atoms with Gasteiger partial charge >= 0.3 is 5.97 Å². The summed E-state index contributed by atoms with van der Waals surface area (Å²) in [4.78, 5) is 22.4. The van der Waals surface area contributed by atoms with E-state index in [2.05, 4.69) is 15.0 Å². The molecule has 7 heteroatoms. The topological polar surface area (TPSA) is 85.2 Å². The van der Waals surface area contributed by atoms with E-state index in [1.807, 2.05) is 0 Å². The second-order valence-electron chi connectivity index (χ2n) is 3.31. The van der Waals surface area contributed by atoms with E-state index in [9.17, 15) is 4.79 Å². The lowest BCUT2D eigenvalue weighted by Gasteiger charge is -2.04. The van der Waals surface area contributed by atoms with Crippen LogP contribution in [-0.4, -0.2) is 33.1 Å². The molecule has 0 spiro atoms. The second kappa shape index (κ2) is 4.97. The van der Waals surface area contributed by atoms with Gasteiger partial charge in [0.25, 0.3) is 0 Å². The molecule has 18 heavy (non-hydrogen) atoms. The summed E-state index contributed by atoms with van der Waals surface area (Å²) in [5.41, 5.74) is 0.928. The molecule has 0 saturated heterocycles. The monoisotopic (exact) mass is 265 g/mol. The summed E-state index contributed by atoms with van der Waals surface area (Å²) in [7, 11) is 1.46. The number of aromatic nitrogens is 3. The second-order valence-corrected chi connectivity index (χ2v) is 3.72. The van der Waals surface area contributed by atoms with Gasteiger partial charge < -0.3 is 9.84 Å². The number of methoxy groups -OCH3 is 1. The van der Waals surface area contributed by atoms with Crippen LogP contribution >= 0.6 is 11.6 Å². The molecule has 2 heterocycles. The number of nitrogens with zero attached hydrogens (tertiary/aromatic N) is 3. The lowest BCUT2D eigenvalue weighted by Crippen LogP contribution is -2.01. The zero-order valence-corrected chi connectivity index (χ0v) is 10.0. The highest BCUT2D eigenvalue weighted by Gasteiger charge is 2.10. The van der Waals surface area contributed by atoms with Crippen LogP contribution in [0.1, 0.15) is 10.5 Å². The summed E-state index contributed by atoms with van der Waals surface area (Å²) >= 11 is 5.93. The Morgan fingerprint density at radius 2 is 2.11 bits per heavy atom. The Balaban J connectivity index is 2.45. The zero-order valence-electron chi connectivity index (χ0n) is 9.29. The summed E-state index contributed by atoms with van der Waals surface area (Å²) in [6.45, 7) is 0. The van der Waals surface area contributed by atoms with Crippen LogP contribution < -0.4 is 4.74 Å². The number of hydrogen-bond acceptors (Lipinski definition) is 5. The molecule has 0 saturated carbocycles. The van der Waals surface area contributed by atoms with E-state index < -0.39 is 5.97 Å². The van der Waals surface area contributed by atoms with Crippen molar-refractivity contribution in [1.82, 2.24) is 15.0 Å². The van der Waals surface area contributed by atoms with Crippen LogP contribution in [0.15, 0.2) is 24.7 Å². The molecule has 0 aliphatic rings. The molecule has 0 unspecified atom stereocenters. The SMILES string of the molecule is COc1ncc(-c2cc(C(=O)O)ncn2)cc1Cl. The van der Waals surface area contributed by atoms with Gasteiger partial charge in [0.05, 0.1) is 12.8 Å². The minimum absolute atomic E-state index is 0.0908. The number of ether oxygens (including phenoxy) is 1. The minimum Gasteiger partial charge on any atom is -0.480 e. The van der Waals surface area contributed by atoms with Crippen LogP contribution in [0.25, 0.3) is 11.3 Å². The van der Waals surface area contributed by atoms with Crippen LogP contribution in [0.2, 0.25) is 5.02 Å². The Morgan fingerprint density at radius 1 is 1.33 bits per heavy atom. The van der Waals surface area contributed by atoms with E-state index >= 15 is 0 Å². The first-order valence-corrected chi connectivity index (χ1v) is 5.25. The van der Waals surface area contributed by atoms with Crippen molar-refractivity contribution in [3.05, 3.63) is 35.4 Å². The van der Waals surface area contributed by atoms with Gasteiger partial charge in [0.15, 0.2) is 5.69 Å². The number of rotatable bonds is 3. The Kier molecular flexibility index (Phi) is 3.38. The maximum Gasteiger partial charge on any atom is 0.354 e. The largest absolute Gasteiger partial charge is 0.480 e. The molecule has 0 radical (unpaired) electrons. The van der Waals surface area contributed by atoms with Gasteiger partial charge in [-0.3, -0.25) is 0 Å². The minimum atomic E-state index is -1.12. The van der Waals surface area contributed by atoms with Crippen LogP contribution in [0.4, 0.5) is 0 Å². The molecular weight excluding hydrogens is 258 g/mol. The first-order chi connectivity index (χ1) is 8.61. The Labute approximate surface area is 107 Å². The average molecular weight is 266 g/mol. The van der Waals surface area contributed by atoms with Crippen LogP contribution in [0, 0.1) is 0 Å². The van der Waals surface area contributed by atoms with E-state index in [4.69, 9.17) is 21.4 Å². The fraction of sp³-hybridized carbons (Fsp3) is 0.0909. The number of pyridine rings is 1. The molecule has 0 aromatic carbocycles. The predicted molar refractivity (Wildman–Crippen MR) is 63.8 cm³/mol. The van der Waals surface area contributed by atoms with Gasteiger partial charge in [-0.25, -0.2) is 19.7 Å². The van der Waals surface area contributed by atoms with Crippen molar-refractivity contribution in [1.29, 1.82) is 0 Å². The highest BCUT2D eigenvalue weighted by Crippen LogP contribution is 2.26. The lowest BCUT2D eigenvalue weighted by molar-refractivity contribution is 0.0690. The fourth-order valence-corrected chi connectivity index (χ4v) is 1.59. The van der Waals surface area contributed by atoms with Crippen LogP contribution in [-0.2, 0) is 0 Å². The zero-order chi connectivity index (χ0) is 13.1. The lowest BCUT2D eigenvalue weighted by atomic mass is 10.2. The van der Waals surface area contributed by atoms with Gasteiger partial charge in [0, 0.05) is 11.8 Å². The van der Waals surface area contributed by atoms with E-state index in [-0.39, 0.29) is 5.69 Å². The summed E-state index contributed by atoms with van der Waals surface area (Å²) < 4.78 is 4.93. The molecule has 2 aromatic heterocycles. The molecule has 0 amide bonds. The predicted octanol–water partition coefficient (Wildman–Crippen LogP) is 1.90. The van der Waals surface area contributed by atoms with E-state index in [1.54, 1.807) is 6.07 Å². The highest BCUT2D eigenvalue weighted by atomic mass is 35.5. The number of carboxylic acid groups (broad SMARTS) is 1. The van der Waals surface area contributed by atoms with Gasteiger partial charge in [-0.15, -0.1) is 0 Å². The maximum absolute atomic E-state index is 10.8. The van der Waals surface area contributed by atoms with Crippen molar-refractivity contribution in [2.24, 2.45) is 0 Å². The maximum atomic E-state index is 10.8. The van der Waals surface area contributed by atoms with Crippen LogP contribution in [0.5, 0.6) is 5.88 Å².